The smallest absolute Gasteiger partial charge is 0.164 e. The second kappa shape index (κ2) is 7.40. The molecule has 1 N–H and O–H groups in total. The first-order chi connectivity index (χ1) is 15.4. The van der Waals surface area contributed by atoms with Gasteiger partial charge in [0.1, 0.15) is 5.75 Å². The van der Waals surface area contributed by atoms with Gasteiger partial charge in [-0.1, -0.05) is 39.0 Å². The number of ketones is 1. The Morgan fingerprint density at radius 2 is 2.06 bits per heavy atom. The van der Waals surface area contributed by atoms with Crippen molar-refractivity contribution < 1.29 is 9.53 Å². The highest BCUT2D eigenvalue weighted by Gasteiger charge is 2.52. The molecule has 0 fully saturated rings. The number of methoxy groups -OCH3 is 1. The molecule has 0 radical (unpaired) electrons. The van der Waals surface area contributed by atoms with Gasteiger partial charge in [0.15, 0.2) is 11.9 Å². The predicted molar refractivity (Wildman–Crippen MR) is 123 cm³/mol. The quantitative estimate of drug-likeness (QED) is 0.714. The molecule has 1 unspecified atom stereocenters. The first-order valence-electron chi connectivity index (χ1n) is 11.1. The molecule has 5 rings (SSSR count). The van der Waals surface area contributed by atoms with E-state index in [1.165, 1.54) is 0 Å². The summed E-state index contributed by atoms with van der Waals surface area (Å²) in [4.78, 5) is 17.8. The van der Waals surface area contributed by atoms with Crippen molar-refractivity contribution in [3.8, 4) is 16.9 Å². The molecule has 3 heterocycles. The lowest BCUT2D eigenvalue weighted by Crippen LogP contribution is -2.51. The van der Waals surface area contributed by atoms with Crippen LogP contribution in [0.5, 0.6) is 5.75 Å². The maximum absolute atomic E-state index is 13.6. The molecule has 32 heavy (non-hydrogen) atoms. The van der Waals surface area contributed by atoms with Crippen LogP contribution in [0.1, 0.15) is 45.6 Å². The lowest BCUT2D eigenvalue weighted by Gasteiger charge is -2.47. The average Bonchev–Trinajstić information content (AvgIpc) is 3.25. The maximum Gasteiger partial charge on any atom is 0.164 e. The van der Waals surface area contributed by atoms with E-state index in [2.05, 4.69) is 65.6 Å². The van der Waals surface area contributed by atoms with Gasteiger partial charge in [-0.3, -0.25) is 9.78 Å². The number of azo groups is 1. The molecule has 6 heteroatoms. The molecule has 1 aromatic carbocycles. The number of hydrogen-bond donors (Lipinski definition) is 1. The summed E-state index contributed by atoms with van der Waals surface area (Å²) in [5, 5.41) is 12.2. The molecule has 164 valence electrons. The van der Waals surface area contributed by atoms with Gasteiger partial charge in [-0.25, -0.2) is 0 Å². The second-order valence-corrected chi connectivity index (χ2v) is 9.57. The monoisotopic (exact) mass is 428 g/mol. The maximum atomic E-state index is 13.6. The van der Waals surface area contributed by atoms with E-state index in [4.69, 9.17) is 4.74 Å². The van der Waals surface area contributed by atoms with Crippen LogP contribution in [0, 0.1) is 5.41 Å². The molecule has 1 aromatic heterocycles. The number of allylic oxidation sites excluding steroid dienone is 2. The summed E-state index contributed by atoms with van der Waals surface area (Å²) in [6, 6.07) is 10.4. The van der Waals surface area contributed by atoms with Crippen molar-refractivity contribution in [1.29, 1.82) is 0 Å². The Kier molecular flexibility index (Phi) is 4.77. The number of nitrogens with one attached hydrogen (secondary N) is 1. The molecular weight excluding hydrogens is 400 g/mol. The number of carbonyl (C=O) groups excluding carboxylic acids is 1. The van der Waals surface area contributed by atoms with E-state index in [1.54, 1.807) is 19.5 Å². The summed E-state index contributed by atoms with van der Waals surface area (Å²) in [6.07, 6.45) is 7.23. The normalized spacial score (nSPS) is 25.7. The van der Waals surface area contributed by atoms with Crippen molar-refractivity contribution in [2.45, 2.75) is 51.6 Å². The third kappa shape index (κ3) is 3.00. The molecule has 2 atom stereocenters. The highest BCUT2D eigenvalue weighted by atomic mass is 16.5. The molecule has 0 saturated heterocycles. The number of pyridine rings is 1. The van der Waals surface area contributed by atoms with Crippen molar-refractivity contribution in [3.63, 3.8) is 0 Å². The van der Waals surface area contributed by atoms with Gasteiger partial charge in [0, 0.05) is 35.0 Å². The van der Waals surface area contributed by atoms with E-state index in [1.807, 2.05) is 12.3 Å². The zero-order valence-corrected chi connectivity index (χ0v) is 19.0. The summed E-state index contributed by atoms with van der Waals surface area (Å²) >= 11 is 0. The van der Waals surface area contributed by atoms with Gasteiger partial charge < -0.3 is 10.1 Å². The summed E-state index contributed by atoms with van der Waals surface area (Å²) in [7, 11) is 1.65. The van der Waals surface area contributed by atoms with Gasteiger partial charge >= 0.3 is 0 Å². The largest absolute Gasteiger partial charge is 0.494 e. The first-order valence-corrected chi connectivity index (χ1v) is 11.1. The summed E-state index contributed by atoms with van der Waals surface area (Å²) in [5.41, 5.74) is 5.40. The number of rotatable bonds is 4. The lowest BCUT2D eigenvalue weighted by molar-refractivity contribution is -0.119. The Balaban J connectivity index is 1.74. The molecule has 6 nitrogen and oxygen atoms in total. The van der Waals surface area contributed by atoms with Gasteiger partial charge in [0.25, 0.3) is 0 Å². The van der Waals surface area contributed by atoms with Crippen LogP contribution >= 0.6 is 0 Å². The van der Waals surface area contributed by atoms with Gasteiger partial charge in [0.2, 0.25) is 0 Å². The topological polar surface area (TPSA) is 75.9 Å². The summed E-state index contributed by atoms with van der Waals surface area (Å²) in [6.45, 7) is 6.46. The van der Waals surface area contributed by atoms with Gasteiger partial charge in [0.05, 0.1) is 24.9 Å². The fraction of sp³-hybridized carbons (Fsp3) is 0.385. The number of Topliss-reactive ketones (excluding diaryl/α,β-unsaturated/α-hetero) is 1. The minimum atomic E-state index is -0.557. The van der Waals surface area contributed by atoms with Gasteiger partial charge in [-0.15, -0.1) is 0 Å². The van der Waals surface area contributed by atoms with Crippen molar-refractivity contribution >= 4 is 5.78 Å². The zero-order chi connectivity index (χ0) is 22.5. The molecule has 0 spiro atoms. The van der Waals surface area contributed by atoms with E-state index in [0.29, 0.717) is 6.42 Å². The Bertz CT molecular complexity index is 1190. The van der Waals surface area contributed by atoms with E-state index in [0.717, 1.165) is 52.1 Å². The Morgan fingerprint density at radius 1 is 1.22 bits per heavy atom. The minimum Gasteiger partial charge on any atom is -0.494 e. The summed E-state index contributed by atoms with van der Waals surface area (Å²) in [5.74, 6) is 0.933. The number of benzene rings is 1. The van der Waals surface area contributed by atoms with Crippen LogP contribution in [0.15, 0.2) is 76.0 Å². The standard InChI is InChI=1S/C26H28N4O2/c1-5-26(17-8-6-7-16(11-17)18-9-10-27-15-22(18)32-4)19-14-28-30-24(19)29-20-12-25(2,3)13-21(31)23(20)26/h6-11,14-15,24,29H,5,12-13H2,1-4H3/t24?,26-/m0/s1. The van der Waals surface area contributed by atoms with E-state index in [-0.39, 0.29) is 17.4 Å². The van der Waals surface area contributed by atoms with Crippen molar-refractivity contribution in [2.24, 2.45) is 15.6 Å². The van der Waals surface area contributed by atoms with Crippen LogP contribution in [0.25, 0.3) is 11.1 Å². The molecule has 3 aliphatic rings. The van der Waals surface area contributed by atoms with Crippen LogP contribution in [-0.4, -0.2) is 24.0 Å². The predicted octanol–water partition coefficient (Wildman–Crippen LogP) is 5.33. The molecule has 0 saturated carbocycles. The van der Waals surface area contributed by atoms with Gasteiger partial charge in [-0.2, -0.15) is 10.2 Å². The third-order valence-electron chi connectivity index (χ3n) is 6.98. The number of aromatic nitrogens is 1. The number of ether oxygens (including phenoxy) is 1. The SMILES string of the molecule is CC[C@]1(c2cccc(-c3ccncc3OC)c2)C2=CN=NC2NC2=C1C(=O)CC(C)(C)C2. The molecule has 0 amide bonds. The molecule has 2 aliphatic heterocycles. The highest BCUT2D eigenvalue weighted by molar-refractivity contribution is 6.01. The molecule has 0 bridgehead atoms. The second-order valence-electron chi connectivity index (χ2n) is 9.57. The van der Waals surface area contributed by atoms with Crippen molar-refractivity contribution in [3.05, 3.63) is 71.3 Å². The number of fused-ring (bicyclic) bond motifs is 1. The van der Waals surface area contributed by atoms with Crippen molar-refractivity contribution in [1.82, 2.24) is 10.3 Å². The van der Waals surface area contributed by atoms with E-state index < -0.39 is 5.41 Å². The van der Waals surface area contributed by atoms with E-state index >= 15 is 0 Å². The van der Waals surface area contributed by atoms with Crippen LogP contribution < -0.4 is 10.1 Å². The van der Waals surface area contributed by atoms with Crippen LogP contribution in [0.4, 0.5) is 0 Å². The molecular formula is C26H28N4O2. The van der Waals surface area contributed by atoms with Crippen molar-refractivity contribution in [2.75, 3.05) is 7.11 Å². The summed E-state index contributed by atoms with van der Waals surface area (Å²) < 4.78 is 5.55. The first kappa shape index (κ1) is 20.6. The lowest BCUT2D eigenvalue weighted by atomic mass is 9.58. The fourth-order valence-electron chi connectivity index (χ4n) is 5.62. The Hall–Kier alpha value is -3.28. The van der Waals surface area contributed by atoms with Crippen LogP contribution in [0.2, 0.25) is 0 Å². The molecule has 1 aliphatic carbocycles. The highest BCUT2D eigenvalue weighted by Crippen LogP contribution is 2.54. The Labute approximate surface area is 188 Å². The van der Waals surface area contributed by atoms with E-state index in [9.17, 15) is 4.79 Å². The van der Waals surface area contributed by atoms with Gasteiger partial charge in [-0.05, 0) is 41.5 Å². The average molecular weight is 429 g/mol. The Morgan fingerprint density at radius 3 is 2.84 bits per heavy atom. The van der Waals surface area contributed by atoms with Crippen LogP contribution in [-0.2, 0) is 10.2 Å². The van der Waals surface area contributed by atoms with Crippen LogP contribution in [0.3, 0.4) is 0 Å². The number of carbonyl (C=O) groups is 1. The fourth-order valence-corrected chi connectivity index (χ4v) is 5.62. The number of hydrogen-bond acceptors (Lipinski definition) is 6. The minimum absolute atomic E-state index is 0.0778. The third-order valence-corrected chi connectivity index (χ3v) is 6.98. The zero-order valence-electron chi connectivity index (χ0n) is 19.0. The number of nitrogens with zero attached hydrogens (tertiary/aromatic N) is 3. The molecule has 2 aromatic rings.